The highest BCUT2D eigenvalue weighted by Crippen LogP contribution is 2.32. The number of aromatic nitrogens is 4. The topological polar surface area (TPSA) is 152 Å². The highest BCUT2D eigenvalue weighted by molar-refractivity contribution is 5.83. The second-order valence-electron chi connectivity index (χ2n) is 8.09. The number of benzene rings is 1. The standard InChI is InChI=1S/C20H26N6O4/c1-20(2,11-6-4-3-5-7-11)9-22-19-24-16(21)13-17(25-19)26(10-23-13)18-15(29)14(28)12(8-27)30-18/h3-7,10,12,14-15,18,27-29H,8-9H2,1-2H3,(H3,21,22,24,25)/t12-,14-,15-,18-/m1/s1. The van der Waals surface area contributed by atoms with Crippen molar-refractivity contribution in [2.75, 3.05) is 24.2 Å². The van der Waals surface area contributed by atoms with E-state index in [1.165, 1.54) is 16.5 Å². The van der Waals surface area contributed by atoms with Crippen LogP contribution in [0.4, 0.5) is 11.8 Å². The lowest BCUT2D eigenvalue weighted by molar-refractivity contribution is -0.0511. The van der Waals surface area contributed by atoms with Gasteiger partial charge in [0.15, 0.2) is 17.7 Å². The van der Waals surface area contributed by atoms with Crippen molar-refractivity contribution in [2.45, 2.75) is 43.8 Å². The molecular weight excluding hydrogens is 388 g/mol. The molecule has 0 saturated carbocycles. The third-order valence-corrected chi connectivity index (χ3v) is 5.48. The maximum absolute atomic E-state index is 10.3. The number of hydrogen-bond donors (Lipinski definition) is 5. The van der Waals surface area contributed by atoms with Gasteiger partial charge in [-0.1, -0.05) is 44.2 Å². The van der Waals surface area contributed by atoms with Crippen LogP contribution in [0.5, 0.6) is 0 Å². The molecule has 1 aliphatic rings. The molecule has 4 atom stereocenters. The summed E-state index contributed by atoms with van der Waals surface area (Å²) in [7, 11) is 0. The van der Waals surface area contributed by atoms with Crippen LogP contribution in [0.25, 0.3) is 11.2 Å². The number of aliphatic hydroxyl groups is 3. The second-order valence-corrected chi connectivity index (χ2v) is 8.09. The van der Waals surface area contributed by atoms with Crippen molar-refractivity contribution in [2.24, 2.45) is 0 Å². The van der Waals surface area contributed by atoms with Gasteiger partial charge in [0.1, 0.15) is 23.8 Å². The number of hydrogen-bond acceptors (Lipinski definition) is 9. The van der Waals surface area contributed by atoms with Gasteiger partial charge in [-0.2, -0.15) is 9.97 Å². The van der Waals surface area contributed by atoms with Gasteiger partial charge in [-0.3, -0.25) is 4.57 Å². The number of nitrogens with one attached hydrogen (secondary N) is 1. The summed E-state index contributed by atoms with van der Waals surface area (Å²) in [5, 5.41) is 33.0. The Hall–Kier alpha value is -2.79. The number of ether oxygens (including phenoxy) is 1. The molecule has 0 radical (unpaired) electrons. The quantitative estimate of drug-likeness (QED) is 0.386. The lowest BCUT2D eigenvalue weighted by atomic mass is 9.85. The van der Waals surface area contributed by atoms with Gasteiger partial charge >= 0.3 is 0 Å². The lowest BCUT2D eigenvalue weighted by Crippen LogP contribution is -2.33. The van der Waals surface area contributed by atoms with E-state index in [0.29, 0.717) is 23.7 Å². The molecule has 0 amide bonds. The van der Waals surface area contributed by atoms with E-state index < -0.39 is 31.1 Å². The summed E-state index contributed by atoms with van der Waals surface area (Å²) in [4.78, 5) is 13.0. The molecule has 6 N–H and O–H groups in total. The fraction of sp³-hybridized carbons (Fsp3) is 0.450. The molecule has 1 fully saturated rings. The maximum Gasteiger partial charge on any atom is 0.226 e. The fourth-order valence-corrected chi connectivity index (χ4v) is 3.60. The van der Waals surface area contributed by atoms with Crippen molar-refractivity contribution in [1.29, 1.82) is 0 Å². The zero-order valence-electron chi connectivity index (χ0n) is 16.8. The molecule has 160 valence electrons. The molecule has 30 heavy (non-hydrogen) atoms. The molecule has 3 heterocycles. The number of nitrogen functional groups attached to an aromatic ring is 1. The van der Waals surface area contributed by atoms with Gasteiger partial charge in [0.25, 0.3) is 0 Å². The molecule has 0 aliphatic carbocycles. The van der Waals surface area contributed by atoms with Crippen LogP contribution in [-0.2, 0) is 10.2 Å². The Morgan fingerprint density at radius 1 is 1.17 bits per heavy atom. The van der Waals surface area contributed by atoms with Crippen molar-refractivity contribution in [3.8, 4) is 0 Å². The molecule has 0 bridgehead atoms. The second kappa shape index (κ2) is 7.80. The van der Waals surface area contributed by atoms with Crippen LogP contribution in [0, 0.1) is 0 Å². The van der Waals surface area contributed by atoms with Crippen LogP contribution >= 0.6 is 0 Å². The monoisotopic (exact) mass is 414 g/mol. The minimum Gasteiger partial charge on any atom is -0.394 e. The molecule has 2 aromatic heterocycles. The SMILES string of the molecule is CC(C)(CNc1nc(N)c2ncn([C@@H]3O[C@H](CO)[C@@H](O)[C@H]3O)c2n1)c1ccccc1. The van der Waals surface area contributed by atoms with E-state index in [0.717, 1.165) is 0 Å². The highest BCUT2D eigenvalue weighted by atomic mass is 16.6. The summed E-state index contributed by atoms with van der Waals surface area (Å²) in [6.07, 6.45) is -2.89. The Morgan fingerprint density at radius 3 is 2.57 bits per heavy atom. The van der Waals surface area contributed by atoms with Crippen LogP contribution < -0.4 is 11.1 Å². The molecule has 10 heteroatoms. The van der Waals surface area contributed by atoms with Crippen LogP contribution in [0.3, 0.4) is 0 Å². The molecule has 4 rings (SSSR count). The van der Waals surface area contributed by atoms with E-state index in [9.17, 15) is 15.3 Å². The first-order valence-corrected chi connectivity index (χ1v) is 9.73. The lowest BCUT2D eigenvalue weighted by Gasteiger charge is -2.25. The third-order valence-electron chi connectivity index (χ3n) is 5.48. The van der Waals surface area contributed by atoms with Crippen molar-refractivity contribution in [1.82, 2.24) is 19.5 Å². The molecule has 1 saturated heterocycles. The van der Waals surface area contributed by atoms with Crippen LogP contribution in [0.15, 0.2) is 36.7 Å². The predicted octanol–water partition coefficient (Wildman–Crippen LogP) is 0.410. The van der Waals surface area contributed by atoms with Crippen LogP contribution in [0.2, 0.25) is 0 Å². The summed E-state index contributed by atoms with van der Waals surface area (Å²) in [6, 6.07) is 10.1. The fourth-order valence-electron chi connectivity index (χ4n) is 3.60. The number of rotatable bonds is 6. The van der Waals surface area contributed by atoms with Crippen molar-refractivity contribution in [3.63, 3.8) is 0 Å². The Kier molecular flexibility index (Phi) is 5.33. The van der Waals surface area contributed by atoms with Gasteiger partial charge in [0.2, 0.25) is 5.95 Å². The van der Waals surface area contributed by atoms with Crippen molar-refractivity contribution in [3.05, 3.63) is 42.2 Å². The summed E-state index contributed by atoms with van der Waals surface area (Å²) in [5.74, 6) is 0.503. The Balaban J connectivity index is 1.61. The van der Waals surface area contributed by atoms with Gasteiger partial charge in [0, 0.05) is 12.0 Å². The molecule has 0 unspecified atom stereocenters. The van der Waals surface area contributed by atoms with E-state index in [4.69, 9.17) is 10.5 Å². The summed E-state index contributed by atoms with van der Waals surface area (Å²) >= 11 is 0. The van der Waals surface area contributed by atoms with Crippen molar-refractivity contribution >= 4 is 22.9 Å². The summed E-state index contributed by atoms with van der Waals surface area (Å²) < 4.78 is 7.08. The molecule has 10 nitrogen and oxygen atoms in total. The highest BCUT2D eigenvalue weighted by Gasteiger charge is 2.44. The van der Waals surface area contributed by atoms with Crippen LogP contribution in [-0.4, -0.2) is 66.3 Å². The van der Waals surface area contributed by atoms with E-state index in [2.05, 4.69) is 46.2 Å². The zero-order chi connectivity index (χ0) is 21.5. The Morgan fingerprint density at radius 2 is 1.90 bits per heavy atom. The number of fused-ring (bicyclic) bond motifs is 1. The normalized spacial score (nSPS) is 24.4. The number of aliphatic hydroxyl groups excluding tert-OH is 3. The van der Waals surface area contributed by atoms with Gasteiger partial charge in [0.05, 0.1) is 12.9 Å². The molecule has 0 spiro atoms. The Labute approximate surface area is 173 Å². The van der Waals surface area contributed by atoms with Gasteiger partial charge in [-0.05, 0) is 5.56 Å². The summed E-state index contributed by atoms with van der Waals surface area (Å²) in [5.41, 5.74) is 7.78. The average molecular weight is 414 g/mol. The first-order chi connectivity index (χ1) is 14.3. The van der Waals surface area contributed by atoms with E-state index in [1.807, 2.05) is 18.2 Å². The first kappa shape index (κ1) is 20.5. The van der Waals surface area contributed by atoms with Crippen molar-refractivity contribution < 1.29 is 20.1 Å². The largest absolute Gasteiger partial charge is 0.394 e. The number of nitrogens with two attached hydrogens (primary N) is 1. The molecular formula is C20H26N6O4. The Bertz CT molecular complexity index is 1020. The molecule has 1 aromatic carbocycles. The smallest absolute Gasteiger partial charge is 0.226 e. The first-order valence-electron chi connectivity index (χ1n) is 9.73. The number of imidazole rings is 1. The average Bonchev–Trinajstić information content (AvgIpc) is 3.29. The summed E-state index contributed by atoms with van der Waals surface area (Å²) in [6.45, 7) is 4.37. The third kappa shape index (κ3) is 3.58. The zero-order valence-corrected chi connectivity index (χ0v) is 16.8. The minimum atomic E-state index is -1.25. The van der Waals surface area contributed by atoms with Crippen LogP contribution in [0.1, 0.15) is 25.6 Å². The minimum absolute atomic E-state index is 0.183. The number of nitrogens with zero attached hydrogens (tertiary/aromatic N) is 4. The van der Waals surface area contributed by atoms with Gasteiger partial charge in [-0.15, -0.1) is 0 Å². The maximum atomic E-state index is 10.3. The molecule has 3 aromatic rings. The predicted molar refractivity (Wildman–Crippen MR) is 111 cm³/mol. The van der Waals surface area contributed by atoms with E-state index >= 15 is 0 Å². The van der Waals surface area contributed by atoms with E-state index in [1.54, 1.807) is 0 Å². The van der Waals surface area contributed by atoms with E-state index in [-0.39, 0.29) is 11.2 Å². The van der Waals surface area contributed by atoms with Gasteiger partial charge in [-0.25, -0.2) is 4.98 Å². The number of anilines is 2. The van der Waals surface area contributed by atoms with Gasteiger partial charge < -0.3 is 31.1 Å². The molecule has 1 aliphatic heterocycles.